The number of aryl methyl sites for hydroxylation is 1. The van der Waals surface area contributed by atoms with Crippen molar-refractivity contribution in [3.8, 4) is 11.5 Å². The molecule has 0 spiro atoms. The molecule has 7 nitrogen and oxygen atoms in total. The molecule has 4 N–H and O–H groups in total. The van der Waals surface area contributed by atoms with E-state index in [4.69, 9.17) is 4.74 Å². The third kappa shape index (κ3) is 5.75. The van der Waals surface area contributed by atoms with Gasteiger partial charge in [0.1, 0.15) is 12.6 Å². The number of ether oxygens (including phenoxy) is 1. The molecule has 0 aliphatic carbocycles. The maximum atomic E-state index is 13.0. The molecular formula is C27H26N2O5. The minimum Gasteiger partial charge on any atom is -0.504 e. The Bertz CT molecular complexity index is 1280. The van der Waals surface area contributed by atoms with Gasteiger partial charge in [0.25, 0.3) is 0 Å². The molecule has 0 unspecified atom stereocenters. The van der Waals surface area contributed by atoms with Crippen LogP contribution in [0.4, 0.5) is 0 Å². The van der Waals surface area contributed by atoms with Crippen LogP contribution in [-0.2, 0) is 33.8 Å². The zero-order valence-corrected chi connectivity index (χ0v) is 18.5. The van der Waals surface area contributed by atoms with Gasteiger partial charge in [-0.15, -0.1) is 0 Å². The number of aromatic amines is 1. The number of phenolic OH excluding ortho intramolecular Hbond substituents is 2. The summed E-state index contributed by atoms with van der Waals surface area (Å²) in [5.41, 5.74) is 3.42. The van der Waals surface area contributed by atoms with Gasteiger partial charge in [0.2, 0.25) is 5.91 Å². The molecule has 0 bridgehead atoms. The zero-order valence-electron chi connectivity index (χ0n) is 18.5. The molecule has 4 rings (SSSR count). The summed E-state index contributed by atoms with van der Waals surface area (Å²) in [6, 6.07) is 20.7. The molecule has 174 valence electrons. The molecule has 1 atom stereocenters. The van der Waals surface area contributed by atoms with Gasteiger partial charge in [-0.3, -0.25) is 4.79 Å². The Kier molecular flexibility index (Phi) is 7.13. The van der Waals surface area contributed by atoms with Crippen molar-refractivity contribution in [1.29, 1.82) is 0 Å². The van der Waals surface area contributed by atoms with Gasteiger partial charge in [-0.1, -0.05) is 54.6 Å². The summed E-state index contributed by atoms with van der Waals surface area (Å²) in [6.45, 7) is 0.118. The first-order valence-electron chi connectivity index (χ1n) is 11.1. The molecule has 0 saturated heterocycles. The number of carbonyl (C=O) groups is 2. The normalized spacial score (nSPS) is 11.8. The highest BCUT2D eigenvalue weighted by Crippen LogP contribution is 2.25. The van der Waals surface area contributed by atoms with Gasteiger partial charge < -0.3 is 25.3 Å². The maximum absolute atomic E-state index is 13.0. The fourth-order valence-corrected chi connectivity index (χ4v) is 3.79. The lowest BCUT2D eigenvalue weighted by atomic mass is 10.0. The molecule has 34 heavy (non-hydrogen) atoms. The number of phenols is 2. The number of para-hydroxylation sites is 1. The highest BCUT2D eigenvalue weighted by Gasteiger charge is 2.24. The zero-order chi connectivity index (χ0) is 23.9. The van der Waals surface area contributed by atoms with E-state index in [1.807, 2.05) is 60.8 Å². The summed E-state index contributed by atoms with van der Waals surface area (Å²) >= 11 is 0. The van der Waals surface area contributed by atoms with Crippen molar-refractivity contribution in [1.82, 2.24) is 10.3 Å². The highest BCUT2D eigenvalue weighted by molar-refractivity contribution is 5.87. The van der Waals surface area contributed by atoms with Crippen molar-refractivity contribution in [3.63, 3.8) is 0 Å². The van der Waals surface area contributed by atoms with Gasteiger partial charge in [0.05, 0.1) is 0 Å². The fraction of sp³-hybridized carbons (Fsp3) is 0.185. The van der Waals surface area contributed by atoms with Crippen molar-refractivity contribution in [2.75, 3.05) is 0 Å². The van der Waals surface area contributed by atoms with E-state index in [9.17, 15) is 19.8 Å². The molecule has 0 radical (unpaired) electrons. The van der Waals surface area contributed by atoms with Crippen LogP contribution in [0.2, 0.25) is 0 Å². The highest BCUT2D eigenvalue weighted by atomic mass is 16.5. The molecule has 0 saturated carbocycles. The lowest BCUT2D eigenvalue weighted by Crippen LogP contribution is -2.43. The molecule has 1 heterocycles. The number of H-pyrrole nitrogens is 1. The average molecular weight is 459 g/mol. The first-order chi connectivity index (χ1) is 16.5. The first kappa shape index (κ1) is 22.9. The number of esters is 1. The van der Waals surface area contributed by atoms with Crippen LogP contribution in [0.25, 0.3) is 10.9 Å². The molecular weight excluding hydrogens is 432 g/mol. The summed E-state index contributed by atoms with van der Waals surface area (Å²) in [5.74, 6) is -1.27. The van der Waals surface area contributed by atoms with Crippen LogP contribution >= 0.6 is 0 Å². The van der Waals surface area contributed by atoms with Crippen LogP contribution in [-0.4, -0.2) is 33.1 Å². The average Bonchev–Trinajstić information content (AvgIpc) is 3.26. The Hall–Kier alpha value is -4.26. The summed E-state index contributed by atoms with van der Waals surface area (Å²) in [5, 5.41) is 22.9. The number of rotatable bonds is 9. The predicted octanol–water partition coefficient (Wildman–Crippen LogP) is 3.98. The second-order valence-electron chi connectivity index (χ2n) is 8.10. The minimum absolute atomic E-state index is 0.112. The van der Waals surface area contributed by atoms with Gasteiger partial charge in [-0.05, 0) is 41.3 Å². The van der Waals surface area contributed by atoms with E-state index in [-0.39, 0.29) is 36.9 Å². The Morgan fingerprint density at radius 1 is 0.912 bits per heavy atom. The smallest absolute Gasteiger partial charge is 0.329 e. The quantitative estimate of drug-likeness (QED) is 0.224. The number of hydrogen-bond donors (Lipinski definition) is 4. The fourth-order valence-electron chi connectivity index (χ4n) is 3.79. The molecule has 1 aromatic heterocycles. The molecule has 3 aromatic carbocycles. The van der Waals surface area contributed by atoms with E-state index >= 15 is 0 Å². The van der Waals surface area contributed by atoms with Crippen LogP contribution < -0.4 is 5.32 Å². The van der Waals surface area contributed by atoms with Crippen LogP contribution in [0.1, 0.15) is 23.1 Å². The number of benzene rings is 3. The number of amides is 1. The topological polar surface area (TPSA) is 112 Å². The lowest BCUT2D eigenvalue weighted by molar-refractivity contribution is -0.149. The Morgan fingerprint density at radius 3 is 2.47 bits per heavy atom. The summed E-state index contributed by atoms with van der Waals surface area (Å²) < 4.78 is 5.52. The molecule has 0 fully saturated rings. The summed E-state index contributed by atoms with van der Waals surface area (Å²) in [4.78, 5) is 28.9. The van der Waals surface area contributed by atoms with Crippen LogP contribution in [0.3, 0.4) is 0 Å². The second kappa shape index (κ2) is 10.6. The number of fused-ring (bicyclic) bond motifs is 1. The van der Waals surface area contributed by atoms with E-state index in [0.29, 0.717) is 12.0 Å². The van der Waals surface area contributed by atoms with E-state index in [0.717, 1.165) is 22.0 Å². The second-order valence-corrected chi connectivity index (χ2v) is 8.10. The van der Waals surface area contributed by atoms with Gasteiger partial charge in [-0.2, -0.15) is 0 Å². The van der Waals surface area contributed by atoms with Crippen molar-refractivity contribution in [2.45, 2.75) is 31.9 Å². The van der Waals surface area contributed by atoms with Crippen molar-refractivity contribution >= 4 is 22.8 Å². The number of carbonyl (C=O) groups excluding carboxylic acids is 2. The van der Waals surface area contributed by atoms with Gasteiger partial charge in [-0.25, -0.2) is 4.79 Å². The molecule has 0 aliphatic rings. The van der Waals surface area contributed by atoms with Crippen molar-refractivity contribution < 1.29 is 24.5 Å². The first-order valence-corrected chi connectivity index (χ1v) is 11.1. The largest absolute Gasteiger partial charge is 0.504 e. The van der Waals surface area contributed by atoms with E-state index in [2.05, 4.69) is 10.3 Å². The van der Waals surface area contributed by atoms with Gasteiger partial charge >= 0.3 is 5.97 Å². The van der Waals surface area contributed by atoms with E-state index < -0.39 is 12.0 Å². The molecule has 4 aromatic rings. The lowest BCUT2D eigenvalue weighted by Gasteiger charge is -2.18. The Morgan fingerprint density at radius 2 is 1.68 bits per heavy atom. The SMILES string of the molecule is O=C(CCc1ccc(O)c(O)c1)N[C@@H](Cc1c[nH]c2ccccc12)C(=O)OCc1ccccc1. The van der Waals surface area contributed by atoms with E-state index in [1.54, 1.807) is 6.07 Å². The van der Waals surface area contributed by atoms with Gasteiger partial charge in [0, 0.05) is 29.9 Å². The van der Waals surface area contributed by atoms with Crippen molar-refractivity contribution in [2.24, 2.45) is 0 Å². The molecule has 0 aliphatic heterocycles. The molecule has 7 heteroatoms. The number of nitrogens with one attached hydrogen (secondary N) is 2. The van der Waals surface area contributed by atoms with Crippen molar-refractivity contribution in [3.05, 3.63) is 95.7 Å². The predicted molar refractivity (Wildman–Crippen MR) is 128 cm³/mol. The third-order valence-corrected chi connectivity index (χ3v) is 5.62. The van der Waals surface area contributed by atoms with Crippen LogP contribution in [0.5, 0.6) is 11.5 Å². The third-order valence-electron chi connectivity index (χ3n) is 5.62. The number of aromatic hydroxyl groups is 2. The maximum Gasteiger partial charge on any atom is 0.329 e. The minimum atomic E-state index is -0.858. The standard InChI is InChI=1S/C27H26N2O5/c30-24-12-10-18(14-25(24)31)11-13-26(32)29-23(27(33)34-17-19-6-2-1-3-7-19)15-20-16-28-22-9-5-4-8-21(20)22/h1-10,12,14,16,23,28,30-31H,11,13,15,17H2,(H,29,32)/t23-/m0/s1. The summed E-state index contributed by atoms with van der Waals surface area (Å²) in [6.07, 6.45) is 2.58. The van der Waals surface area contributed by atoms with Crippen LogP contribution in [0, 0.1) is 0 Å². The Labute approximate surface area is 197 Å². The Balaban J connectivity index is 1.44. The number of aromatic nitrogens is 1. The monoisotopic (exact) mass is 458 g/mol. The number of hydrogen-bond acceptors (Lipinski definition) is 5. The van der Waals surface area contributed by atoms with Crippen LogP contribution in [0.15, 0.2) is 79.0 Å². The van der Waals surface area contributed by atoms with E-state index in [1.165, 1.54) is 12.1 Å². The molecule has 1 amide bonds. The summed E-state index contributed by atoms with van der Waals surface area (Å²) in [7, 11) is 0. The van der Waals surface area contributed by atoms with Gasteiger partial charge in [0.15, 0.2) is 11.5 Å².